The van der Waals surface area contributed by atoms with Gasteiger partial charge in [0.1, 0.15) is 41.8 Å². The van der Waals surface area contributed by atoms with Crippen LogP contribution < -0.4 is 21.3 Å². The van der Waals surface area contributed by atoms with E-state index in [2.05, 4.69) is 21.3 Å². The summed E-state index contributed by atoms with van der Waals surface area (Å²) in [6.07, 6.45) is 1.56. The smallest absolute Gasteiger partial charge is 0.351 e. The normalized spacial score (nSPS) is 27.8. The molecule has 11 amide bonds. The van der Waals surface area contributed by atoms with Gasteiger partial charge in [0, 0.05) is 61.8 Å². The SMILES string of the molecule is CC[C@H](C)[C@@H]1NC(=O)[C@H](CC(C)C)N(C)C(=O)C[C@@H](C)NC(=O)[C@H](CC(C)C)N(C)C(=O)C(C)(C)NC(=O)[C@H](CC(C)C)N(C)C(=O)[C@H](CCC2CCC(C(F)(F)F)CC2)NC(=O)CN(C)C(=O)[C@H](CC2CCCCC2)N(C)C(=O)CN(C)C(=O)CN(C)C1=O. The fourth-order valence-corrected chi connectivity index (χ4v) is 12.6. The van der Waals surface area contributed by atoms with Gasteiger partial charge in [-0.1, -0.05) is 93.9 Å². The fraction of sp³-hybridized carbons (Fsp3) is 0.831. The van der Waals surface area contributed by atoms with Crippen molar-refractivity contribution in [1.29, 1.82) is 0 Å². The largest absolute Gasteiger partial charge is 0.391 e. The maximum atomic E-state index is 15.0. The van der Waals surface area contributed by atoms with E-state index in [-0.39, 0.29) is 100 Å². The van der Waals surface area contributed by atoms with Crippen molar-refractivity contribution in [3.8, 4) is 0 Å². The van der Waals surface area contributed by atoms with E-state index >= 15 is 0 Å². The van der Waals surface area contributed by atoms with Gasteiger partial charge in [-0.05, 0) is 120 Å². The molecule has 1 saturated heterocycles. The number of halogens is 3. The zero-order chi connectivity index (χ0) is 68.4. The minimum atomic E-state index is -4.34. The van der Waals surface area contributed by atoms with E-state index in [9.17, 15) is 65.9 Å². The second-order valence-corrected chi connectivity index (χ2v) is 28.3. The molecule has 25 heteroatoms. The summed E-state index contributed by atoms with van der Waals surface area (Å²) in [5, 5.41) is 11.4. The highest BCUT2D eigenvalue weighted by molar-refractivity contribution is 5.98. The van der Waals surface area contributed by atoms with E-state index in [1.807, 2.05) is 48.5 Å². The highest BCUT2D eigenvalue weighted by Gasteiger charge is 2.44. The van der Waals surface area contributed by atoms with Crippen molar-refractivity contribution in [2.24, 2.45) is 41.4 Å². The number of amides is 11. The molecule has 90 heavy (non-hydrogen) atoms. The molecule has 22 nitrogen and oxygen atoms in total. The van der Waals surface area contributed by atoms with Crippen molar-refractivity contribution in [2.45, 2.75) is 239 Å². The van der Waals surface area contributed by atoms with Crippen LogP contribution in [0.2, 0.25) is 0 Å². The van der Waals surface area contributed by atoms with Crippen LogP contribution in [0, 0.1) is 41.4 Å². The van der Waals surface area contributed by atoms with E-state index in [1.54, 1.807) is 13.8 Å². The third-order valence-electron chi connectivity index (χ3n) is 18.6. The summed E-state index contributed by atoms with van der Waals surface area (Å²) in [6, 6.07) is -7.74. The molecule has 0 aromatic rings. The molecule has 514 valence electrons. The molecule has 1 heterocycles. The van der Waals surface area contributed by atoms with Crippen LogP contribution in [0.3, 0.4) is 0 Å². The summed E-state index contributed by atoms with van der Waals surface area (Å²) in [5.74, 6) is -9.39. The van der Waals surface area contributed by atoms with Gasteiger partial charge in [-0.25, -0.2) is 0 Å². The Hall–Kier alpha value is -6.04. The average Bonchev–Trinajstić information content (AvgIpc) is 1.05. The number of nitrogens with one attached hydrogen (secondary N) is 4. The molecule has 3 fully saturated rings. The Labute approximate surface area is 534 Å². The number of hydrogen-bond donors (Lipinski definition) is 4. The molecular weight excluding hydrogens is 1170 g/mol. The lowest BCUT2D eigenvalue weighted by atomic mass is 9.79. The van der Waals surface area contributed by atoms with Crippen LogP contribution in [0.15, 0.2) is 0 Å². The lowest BCUT2D eigenvalue weighted by molar-refractivity contribution is -0.184. The van der Waals surface area contributed by atoms with Crippen LogP contribution in [0.4, 0.5) is 13.2 Å². The Kier molecular flexibility index (Phi) is 30.5. The summed E-state index contributed by atoms with van der Waals surface area (Å²) in [7, 11) is 9.96. The Bertz CT molecular complexity index is 2470. The zero-order valence-corrected chi connectivity index (χ0v) is 57.5. The van der Waals surface area contributed by atoms with E-state index < -0.39 is 150 Å². The van der Waals surface area contributed by atoms with Crippen LogP contribution in [0.25, 0.3) is 0 Å². The minimum absolute atomic E-state index is 0.0209. The summed E-state index contributed by atoms with van der Waals surface area (Å²) < 4.78 is 41.2. The first-order chi connectivity index (χ1) is 41.7. The predicted molar refractivity (Wildman–Crippen MR) is 337 cm³/mol. The molecule has 1 aliphatic heterocycles. The second kappa shape index (κ2) is 35.1. The first-order valence-corrected chi connectivity index (χ1v) is 32.8. The average molecular weight is 1280 g/mol. The summed E-state index contributed by atoms with van der Waals surface area (Å²) in [5.41, 5.74) is -1.69. The first-order valence-electron chi connectivity index (χ1n) is 32.8. The summed E-state index contributed by atoms with van der Waals surface area (Å²) in [4.78, 5) is 167. The number of carbonyl (C=O) groups is 11. The molecule has 0 aromatic heterocycles. The third kappa shape index (κ3) is 23.3. The molecule has 0 radical (unpaired) electrons. The Balaban J connectivity index is 2.18. The van der Waals surface area contributed by atoms with Gasteiger partial charge in [-0.2, -0.15) is 13.2 Å². The molecule has 3 aliphatic rings. The standard InChI is InChI=1S/C65H112F3N11O11/c1-19-42(8)56-62(89)75(14)37-54(82)73(12)38-55(83)77(16)51(35-45-23-21-20-22-24-45)61(88)74(13)36-52(80)70-47(30-27-44-25-28-46(29-26-44)65(66,67)68)60(87)78(17)50(33-41(6)7)59(86)72-64(10,11)63(90)79(18)49(32-40(4)5)57(84)69-43(9)34-53(81)76(15)48(31-39(2)3)58(85)71-56/h39-51,56H,19-38H2,1-18H3,(H,69,84)(H,70,80)(H,71,85)(H,72,86)/t42-,43+,44?,46?,47-,48-,49-,50-,51-,56-/m0/s1. The monoisotopic (exact) mass is 1280 g/mol. The van der Waals surface area contributed by atoms with Crippen LogP contribution in [-0.2, 0) is 52.7 Å². The lowest BCUT2D eigenvalue weighted by Crippen LogP contribution is -2.63. The number of hydrogen-bond acceptors (Lipinski definition) is 11. The first kappa shape index (κ1) is 78.2. The predicted octanol–water partition coefficient (Wildman–Crippen LogP) is 5.75. The van der Waals surface area contributed by atoms with Crippen molar-refractivity contribution in [2.75, 3.05) is 69.0 Å². The molecule has 8 atom stereocenters. The van der Waals surface area contributed by atoms with Gasteiger partial charge in [-0.3, -0.25) is 52.7 Å². The van der Waals surface area contributed by atoms with Crippen LogP contribution in [-0.4, -0.2) is 222 Å². The van der Waals surface area contributed by atoms with Gasteiger partial charge in [0.25, 0.3) is 0 Å². The van der Waals surface area contributed by atoms with Gasteiger partial charge in [-0.15, -0.1) is 0 Å². The van der Waals surface area contributed by atoms with Gasteiger partial charge >= 0.3 is 6.18 Å². The molecule has 2 aliphatic carbocycles. The molecule has 2 saturated carbocycles. The van der Waals surface area contributed by atoms with Crippen molar-refractivity contribution in [3.05, 3.63) is 0 Å². The number of likely N-dealkylation sites (N-methyl/N-ethyl adjacent to an activating group) is 7. The lowest BCUT2D eigenvalue weighted by Gasteiger charge is -2.38. The van der Waals surface area contributed by atoms with Gasteiger partial charge in [0.2, 0.25) is 65.0 Å². The fourth-order valence-electron chi connectivity index (χ4n) is 12.6. The van der Waals surface area contributed by atoms with Gasteiger partial charge in [0.15, 0.2) is 0 Å². The van der Waals surface area contributed by atoms with E-state index in [4.69, 9.17) is 0 Å². The summed E-state index contributed by atoms with van der Waals surface area (Å²) in [6.45, 7) is 17.8. The number of carbonyl (C=O) groups excluding carboxylic acids is 11. The van der Waals surface area contributed by atoms with Crippen LogP contribution in [0.5, 0.6) is 0 Å². The second-order valence-electron chi connectivity index (χ2n) is 28.3. The summed E-state index contributed by atoms with van der Waals surface area (Å²) >= 11 is 0. The quantitative estimate of drug-likeness (QED) is 0.173. The molecule has 4 N–H and O–H groups in total. The molecule has 3 rings (SSSR count). The minimum Gasteiger partial charge on any atom is -0.351 e. The van der Waals surface area contributed by atoms with Gasteiger partial charge in [0.05, 0.1) is 25.6 Å². The van der Waals surface area contributed by atoms with Crippen LogP contribution in [0.1, 0.15) is 185 Å². The highest BCUT2D eigenvalue weighted by Crippen LogP contribution is 2.41. The van der Waals surface area contributed by atoms with Crippen molar-refractivity contribution in [3.63, 3.8) is 0 Å². The van der Waals surface area contributed by atoms with E-state index in [1.165, 1.54) is 87.7 Å². The number of alkyl halides is 3. The third-order valence-corrected chi connectivity index (χ3v) is 18.6. The Morgan fingerprint density at radius 2 is 1.00 bits per heavy atom. The molecular formula is C65H112F3N11O11. The maximum absolute atomic E-state index is 15.0. The highest BCUT2D eigenvalue weighted by atomic mass is 19.4. The van der Waals surface area contributed by atoms with E-state index in [0.29, 0.717) is 6.42 Å². The Morgan fingerprint density at radius 1 is 0.511 bits per heavy atom. The topological polar surface area (TPSA) is 259 Å². The van der Waals surface area contributed by atoms with Crippen LogP contribution >= 0.6 is 0 Å². The molecule has 0 bridgehead atoms. The van der Waals surface area contributed by atoms with E-state index in [0.717, 1.165) is 41.9 Å². The number of nitrogens with zero attached hydrogens (tertiary/aromatic N) is 7. The maximum Gasteiger partial charge on any atom is 0.391 e. The zero-order valence-electron chi connectivity index (χ0n) is 57.5. The Morgan fingerprint density at radius 3 is 1.52 bits per heavy atom. The van der Waals surface area contributed by atoms with Crippen molar-refractivity contribution >= 4 is 65.0 Å². The molecule has 0 spiro atoms. The number of rotatable bonds is 13. The van der Waals surface area contributed by atoms with Crippen molar-refractivity contribution in [1.82, 2.24) is 55.6 Å². The molecule has 0 aromatic carbocycles. The van der Waals surface area contributed by atoms with Crippen molar-refractivity contribution < 1.29 is 65.9 Å². The molecule has 0 unspecified atom stereocenters. The van der Waals surface area contributed by atoms with Gasteiger partial charge < -0.3 is 55.6 Å².